The highest BCUT2D eigenvalue weighted by molar-refractivity contribution is 5.95. The highest BCUT2D eigenvalue weighted by Gasteiger charge is 2.21. The van der Waals surface area contributed by atoms with Crippen LogP contribution >= 0.6 is 0 Å². The first kappa shape index (κ1) is 10.7. The van der Waals surface area contributed by atoms with Crippen molar-refractivity contribution in [2.45, 2.75) is 19.3 Å². The van der Waals surface area contributed by atoms with Crippen molar-refractivity contribution in [3.63, 3.8) is 0 Å². The molecule has 1 aliphatic heterocycles. The van der Waals surface area contributed by atoms with Gasteiger partial charge in [0.05, 0.1) is 6.42 Å². The lowest BCUT2D eigenvalue weighted by Gasteiger charge is -2.16. The van der Waals surface area contributed by atoms with E-state index in [0.717, 1.165) is 24.2 Å². The Morgan fingerprint density at radius 2 is 2.25 bits per heavy atom. The lowest BCUT2D eigenvalue weighted by Crippen LogP contribution is -2.23. The first-order chi connectivity index (χ1) is 7.66. The highest BCUT2D eigenvalue weighted by atomic mass is 16.4. The third kappa shape index (κ3) is 2.21. The van der Waals surface area contributed by atoms with Gasteiger partial charge >= 0.3 is 5.97 Å². The second-order valence-corrected chi connectivity index (χ2v) is 3.89. The molecular weight excluding hydrogens is 206 g/mol. The number of carboxylic acid groups (broad SMARTS) is 1. The first-order valence-electron chi connectivity index (χ1n) is 5.28. The number of carbonyl (C=O) groups is 2. The number of benzene rings is 1. The second-order valence-electron chi connectivity index (χ2n) is 3.89. The van der Waals surface area contributed by atoms with Gasteiger partial charge in [-0.2, -0.15) is 0 Å². The van der Waals surface area contributed by atoms with Crippen LogP contribution in [0.1, 0.15) is 18.4 Å². The van der Waals surface area contributed by atoms with Gasteiger partial charge < -0.3 is 10.0 Å². The zero-order valence-electron chi connectivity index (χ0n) is 8.85. The largest absolute Gasteiger partial charge is 0.481 e. The van der Waals surface area contributed by atoms with Gasteiger partial charge in [0.25, 0.3) is 0 Å². The quantitative estimate of drug-likeness (QED) is 0.836. The molecule has 0 bridgehead atoms. The third-order valence-corrected chi connectivity index (χ3v) is 2.65. The Kier molecular flexibility index (Phi) is 2.90. The van der Waals surface area contributed by atoms with Gasteiger partial charge in [-0.15, -0.1) is 0 Å². The average Bonchev–Trinajstić information content (AvgIpc) is 2.64. The van der Waals surface area contributed by atoms with Gasteiger partial charge in [0.2, 0.25) is 5.91 Å². The van der Waals surface area contributed by atoms with E-state index in [-0.39, 0.29) is 12.3 Å². The monoisotopic (exact) mass is 219 g/mol. The van der Waals surface area contributed by atoms with Gasteiger partial charge in [-0.3, -0.25) is 9.59 Å². The van der Waals surface area contributed by atoms with E-state index < -0.39 is 5.97 Å². The maximum atomic E-state index is 11.5. The summed E-state index contributed by atoms with van der Waals surface area (Å²) in [5.41, 5.74) is 1.53. The van der Waals surface area contributed by atoms with E-state index in [9.17, 15) is 9.59 Å². The molecule has 16 heavy (non-hydrogen) atoms. The van der Waals surface area contributed by atoms with Crippen LogP contribution in [0.4, 0.5) is 5.69 Å². The van der Waals surface area contributed by atoms with Crippen LogP contribution in [0, 0.1) is 0 Å². The lowest BCUT2D eigenvalue weighted by molar-refractivity contribution is -0.136. The summed E-state index contributed by atoms with van der Waals surface area (Å²) in [5.74, 6) is -0.739. The van der Waals surface area contributed by atoms with E-state index >= 15 is 0 Å². The number of rotatable bonds is 3. The molecule has 1 N–H and O–H groups in total. The van der Waals surface area contributed by atoms with Crippen LogP contribution in [0.5, 0.6) is 0 Å². The molecule has 4 heteroatoms. The molecule has 1 amide bonds. The molecule has 2 rings (SSSR count). The van der Waals surface area contributed by atoms with Crippen molar-refractivity contribution in [1.82, 2.24) is 0 Å². The predicted molar refractivity (Wildman–Crippen MR) is 59.4 cm³/mol. The molecule has 1 aromatic carbocycles. The average molecular weight is 219 g/mol. The van der Waals surface area contributed by atoms with Crippen molar-refractivity contribution >= 4 is 17.6 Å². The van der Waals surface area contributed by atoms with Gasteiger partial charge in [-0.1, -0.05) is 12.1 Å². The molecule has 1 heterocycles. The number of nitrogens with zero attached hydrogens (tertiary/aromatic N) is 1. The molecular formula is C12H13NO3. The molecule has 1 fully saturated rings. The topological polar surface area (TPSA) is 57.6 Å². The number of hydrogen-bond donors (Lipinski definition) is 1. The maximum Gasteiger partial charge on any atom is 0.307 e. The van der Waals surface area contributed by atoms with Crippen molar-refractivity contribution in [1.29, 1.82) is 0 Å². The van der Waals surface area contributed by atoms with Gasteiger partial charge in [0.1, 0.15) is 0 Å². The Morgan fingerprint density at radius 3 is 2.88 bits per heavy atom. The first-order valence-corrected chi connectivity index (χ1v) is 5.28. The number of hydrogen-bond acceptors (Lipinski definition) is 2. The Morgan fingerprint density at radius 1 is 1.44 bits per heavy atom. The molecule has 0 aromatic heterocycles. The van der Waals surface area contributed by atoms with Gasteiger partial charge in [-0.25, -0.2) is 0 Å². The van der Waals surface area contributed by atoms with E-state index in [0.29, 0.717) is 6.42 Å². The summed E-state index contributed by atoms with van der Waals surface area (Å²) in [7, 11) is 0. The summed E-state index contributed by atoms with van der Waals surface area (Å²) in [6.07, 6.45) is 1.46. The van der Waals surface area contributed by atoms with Crippen LogP contribution < -0.4 is 4.90 Å². The molecule has 84 valence electrons. The Hall–Kier alpha value is -1.84. The molecule has 0 spiro atoms. The van der Waals surface area contributed by atoms with Crippen LogP contribution in [-0.4, -0.2) is 23.5 Å². The van der Waals surface area contributed by atoms with Crippen molar-refractivity contribution in [2.75, 3.05) is 11.4 Å². The van der Waals surface area contributed by atoms with Crippen LogP contribution in [-0.2, 0) is 16.0 Å². The predicted octanol–water partition coefficient (Wildman–Crippen LogP) is 1.44. The zero-order chi connectivity index (χ0) is 11.5. The summed E-state index contributed by atoms with van der Waals surface area (Å²) in [6.45, 7) is 0.732. The fourth-order valence-corrected chi connectivity index (χ4v) is 1.93. The standard InChI is InChI=1S/C12H13NO3/c14-11-5-2-6-13(11)10-4-1-3-9(7-10)8-12(15)16/h1,3-4,7H,2,5-6,8H2,(H,15,16). The van der Waals surface area contributed by atoms with Crippen LogP contribution in [0.2, 0.25) is 0 Å². The van der Waals surface area contributed by atoms with Crippen molar-refractivity contribution in [3.05, 3.63) is 29.8 Å². The summed E-state index contributed by atoms with van der Waals surface area (Å²) in [4.78, 5) is 23.8. The summed E-state index contributed by atoms with van der Waals surface area (Å²) in [5, 5.41) is 8.69. The summed E-state index contributed by atoms with van der Waals surface area (Å²) in [6, 6.07) is 7.17. The van der Waals surface area contributed by atoms with E-state index in [4.69, 9.17) is 5.11 Å². The number of carboxylic acids is 1. The van der Waals surface area contributed by atoms with E-state index in [2.05, 4.69) is 0 Å². The molecule has 0 unspecified atom stereocenters. The number of anilines is 1. The molecule has 1 aliphatic rings. The van der Waals surface area contributed by atoms with Crippen LogP contribution in [0.25, 0.3) is 0 Å². The number of carbonyl (C=O) groups excluding carboxylic acids is 1. The van der Waals surface area contributed by atoms with Crippen molar-refractivity contribution in [3.8, 4) is 0 Å². The maximum absolute atomic E-state index is 11.5. The SMILES string of the molecule is O=C(O)Cc1cccc(N2CCCC2=O)c1. The molecule has 0 radical (unpaired) electrons. The third-order valence-electron chi connectivity index (χ3n) is 2.65. The van der Waals surface area contributed by atoms with Crippen LogP contribution in [0.15, 0.2) is 24.3 Å². The molecule has 1 saturated heterocycles. The highest BCUT2D eigenvalue weighted by Crippen LogP contribution is 2.22. The molecule has 0 atom stereocenters. The van der Waals surface area contributed by atoms with Crippen molar-refractivity contribution < 1.29 is 14.7 Å². The lowest BCUT2D eigenvalue weighted by atomic mass is 10.1. The van der Waals surface area contributed by atoms with E-state index in [1.54, 1.807) is 23.1 Å². The molecule has 4 nitrogen and oxygen atoms in total. The Balaban J connectivity index is 2.21. The fraction of sp³-hybridized carbons (Fsp3) is 0.333. The fourth-order valence-electron chi connectivity index (χ4n) is 1.93. The minimum absolute atomic E-state index is 0.00410. The van der Waals surface area contributed by atoms with E-state index in [1.807, 2.05) is 6.07 Å². The summed E-state index contributed by atoms with van der Waals surface area (Å²) >= 11 is 0. The van der Waals surface area contributed by atoms with Gasteiger partial charge in [-0.05, 0) is 24.1 Å². The number of aliphatic carboxylic acids is 1. The second kappa shape index (κ2) is 4.35. The smallest absolute Gasteiger partial charge is 0.307 e. The molecule has 1 aromatic rings. The number of amides is 1. The Labute approximate surface area is 93.5 Å². The minimum Gasteiger partial charge on any atom is -0.481 e. The zero-order valence-corrected chi connectivity index (χ0v) is 8.85. The normalized spacial score (nSPS) is 15.5. The Bertz CT molecular complexity index is 428. The molecule has 0 aliphatic carbocycles. The van der Waals surface area contributed by atoms with Gasteiger partial charge in [0.15, 0.2) is 0 Å². The van der Waals surface area contributed by atoms with E-state index in [1.165, 1.54) is 0 Å². The van der Waals surface area contributed by atoms with Gasteiger partial charge in [0, 0.05) is 18.7 Å². The van der Waals surface area contributed by atoms with Crippen molar-refractivity contribution in [2.24, 2.45) is 0 Å². The van der Waals surface area contributed by atoms with Crippen LogP contribution in [0.3, 0.4) is 0 Å². The summed E-state index contributed by atoms with van der Waals surface area (Å²) < 4.78 is 0. The molecule has 0 saturated carbocycles. The minimum atomic E-state index is -0.857.